The molecule has 1 aromatic carbocycles. The SMILES string of the molecule is Cc1ccc(N2C(=O)CC(C(=O)N3CCN(C(=O)c4cccn4C)CC3)C2c2cccs2)cc1. The monoisotopic (exact) mass is 476 g/mol. The van der Waals surface area contributed by atoms with Gasteiger partial charge in [0.2, 0.25) is 11.8 Å². The molecule has 2 atom stereocenters. The summed E-state index contributed by atoms with van der Waals surface area (Å²) in [6.45, 7) is 3.94. The summed E-state index contributed by atoms with van der Waals surface area (Å²) < 4.78 is 1.81. The number of aryl methyl sites for hydroxylation is 2. The zero-order valence-electron chi connectivity index (χ0n) is 19.4. The summed E-state index contributed by atoms with van der Waals surface area (Å²) >= 11 is 1.58. The topological polar surface area (TPSA) is 65.9 Å². The molecule has 3 amide bonds. The van der Waals surface area contributed by atoms with Crippen LogP contribution in [0.25, 0.3) is 0 Å². The Morgan fingerprint density at radius 2 is 1.65 bits per heavy atom. The molecule has 0 N–H and O–H groups in total. The molecule has 2 aliphatic rings. The van der Waals surface area contributed by atoms with Crippen LogP contribution >= 0.6 is 11.3 Å². The third kappa shape index (κ3) is 4.03. The number of hydrogen-bond donors (Lipinski definition) is 0. The van der Waals surface area contributed by atoms with Crippen molar-refractivity contribution in [2.24, 2.45) is 13.0 Å². The van der Waals surface area contributed by atoms with E-state index in [9.17, 15) is 14.4 Å². The zero-order chi connectivity index (χ0) is 23.8. The molecule has 2 saturated heterocycles. The molecule has 3 aromatic rings. The molecule has 7 nitrogen and oxygen atoms in total. The summed E-state index contributed by atoms with van der Waals surface area (Å²) in [4.78, 5) is 46.1. The number of aromatic nitrogens is 1. The number of hydrogen-bond acceptors (Lipinski definition) is 4. The summed E-state index contributed by atoms with van der Waals surface area (Å²) in [5.74, 6) is -0.495. The first-order chi connectivity index (χ1) is 16.4. The maximum atomic E-state index is 13.7. The van der Waals surface area contributed by atoms with Crippen LogP contribution in [0.5, 0.6) is 0 Å². The van der Waals surface area contributed by atoms with Crippen molar-refractivity contribution >= 4 is 34.7 Å². The average Bonchev–Trinajstić information content (AvgIpc) is 3.59. The van der Waals surface area contributed by atoms with Crippen LogP contribution in [-0.2, 0) is 16.6 Å². The van der Waals surface area contributed by atoms with Gasteiger partial charge in [-0.2, -0.15) is 0 Å². The number of piperazine rings is 1. The second-order valence-corrected chi connectivity index (χ2v) is 9.97. The first-order valence-electron chi connectivity index (χ1n) is 11.6. The third-order valence-corrected chi connectivity index (χ3v) is 7.77. The second-order valence-electron chi connectivity index (χ2n) is 8.99. The lowest BCUT2D eigenvalue weighted by molar-refractivity contribution is -0.138. The van der Waals surface area contributed by atoms with Crippen LogP contribution < -0.4 is 4.90 Å². The molecule has 0 aliphatic carbocycles. The maximum Gasteiger partial charge on any atom is 0.270 e. The number of carbonyl (C=O) groups is 3. The van der Waals surface area contributed by atoms with Crippen molar-refractivity contribution in [2.75, 3.05) is 31.1 Å². The van der Waals surface area contributed by atoms with E-state index in [0.29, 0.717) is 31.9 Å². The van der Waals surface area contributed by atoms with E-state index in [2.05, 4.69) is 0 Å². The number of nitrogens with zero attached hydrogens (tertiary/aromatic N) is 4. The number of amides is 3. The smallest absolute Gasteiger partial charge is 0.270 e. The number of thiophene rings is 1. The van der Waals surface area contributed by atoms with E-state index in [1.807, 2.05) is 83.5 Å². The van der Waals surface area contributed by atoms with Gasteiger partial charge < -0.3 is 19.3 Å². The quantitative estimate of drug-likeness (QED) is 0.579. The minimum absolute atomic E-state index is 0.00710. The molecule has 2 fully saturated rings. The minimum atomic E-state index is -0.442. The molecular weight excluding hydrogens is 448 g/mol. The molecule has 4 heterocycles. The Morgan fingerprint density at radius 3 is 2.26 bits per heavy atom. The molecule has 8 heteroatoms. The van der Waals surface area contributed by atoms with E-state index in [1.165, 1.54) is 0 Å². The number of rotatable bonds is 4. The van der Waals surface area contributed by atoms with E-state index in [4.69, 9.17) is 0 Å². The van der Waals surface area contributed by atoms with Crippen molar-refractivity contribution in [1.82, 2.24) is 14.4 Å². The predicted molar refractivity (Wildman–Crippen MR) is 132 cm³/mol. The van der Waals surface area contributed by atoms with E-state index in [1.54, 1.807) is 21.1 Å². The lowest BCUT2D eigenvalue weighted by atomic mass is 9.96. The van der Waals surface area contributed by atoms with E-state index >= 15 is 0 Å². The Hall–Kier alpha value is -3.39. The van der Waals surface area contributed by atoms with Crippen molar-refractivity contribution in [3.63, 3.8) is 0 Å². The van der Waals surface area contributed by atoms with Gasteiger partial charge in [0.15, 0.2) is 0 Å². The highest BCUT2D eigenvalue weighted by Crippen LogP contribution is 2.43. The number of carbonyl (C=O) groups excluding carboxylic acids is 3. The lowest BCUT2D eigenvalue weighted by Gasteiger charge is -2.37. The highest BCUT2D eigenvalue weighted by atomic mass is 32.1. The fourth-order valence-electron chi connectivity index (χ4n) is 4.96. The highest BCUT2D eigenvalue weighted by molar-refractivity contribution is 7.10. The van der Waals surface area contributed by atoms with Crippen LogP contribution in [0.15, 0.2) is 60.1 Å². The van der Waals surface area contributed by atoms with Gasteiger partial charge in [-0.05, 0) is 42.6 Å². The van der Waals surface area contributed by atoms with Gasteiger partial charge in [0, 0.05) is 56.4 Å². The minimum Gasteiger partial charge on any atom is -0.347 e. The average molecular weight is 477 g/mol. The molecule has 2 aromatic heterocycles. The molecule has 2 aliphatic heterocycles. The number of benzene rings is 1. The molecule has 34 heavy (non-hydrogen) atoms. The van der Waals surface area contributed by atoms with Gasteiger partial charge in [-0.15, -0.1) is 11.3 Å². The van der Waals surface area contributed by atoms with Gasteiger partial charge in [-0.25, -0.2) is 0 Å². The normalized spacial score (nSPS) is 20.8. The molecule has 0 bridgehead atoms. The first kappa shape index (κ1) is 22.4. The van der Waals surface area contributed by atoms with Crippen molar-refractivity contribution in [3.05, 3.63) is 76.2 Å². The molecule has 176 valence electrons. The highest BCUT2D eigenvalue weighted by Gasteiger charge is 2.47. The summed E-state index contributed by atoms with van der Waals surface area (Å²) in [5, 5.41) is 1.99. The van der Waals surface area contributed by atoms with Crippen molar-refractivity contribution < 1.29 is 14.4 Å². The molecule has 0 spiro atoms. The van der Waals surface area contributed by atoms with Crippen LogP contribution in [0.4, 0.5) is 5.69 Å². The molecule has 0 saturated carbocycles. The van der Waals surface area contributed by atoms with Crippen molar-refractivity contribution in [3.8, 4) is 0 Å². The van der Waals surface area contributed by atoms with Crippen LogP contribution in [0.1, 0.15) is 33.4 Å². The zero-order valence-corrected chi connectivity index (χ0v) is 20.2. The maximum absolute atomic E-state index is 13.7. The predicted octanol–water partition coefficient (Wildman–Crippen LogP) is 3.47. The van der Waals surface area contributed by atoms with E-state index in [-0.39, 0.29) is 30.2 Å². The van der Waals surface area contributed by atoms with Crippen LogP contribution in [-0.4, -0.2) is 58.3 Å². The van der Waals surface area contributed by atoms with Gasteiger partial charge in [0.25, 0.3) is 5.91 Å². The van der Waals surface area contributed by atoms with E-state index < -0.39 is 5.92 Å². The number of anilines is 1. The lowest BCUT2D eigenvalue weighted by Crippen LogP contribution is -2.52. The second kappa shape index (κ2) is 9.10. The molecular formula is C26H28N4O3S. The van der Waals surface area contributed by atoms with E-state index in [0.717, 1.165) is 16.1 Å². The molecule has 0 radical (unpaired) electrons. The molecule has 2 unspecified atom stereocenters. The largest absolute Gasteiger partial charge is 0.347 e. The first-order valence-corrected chi connectivity index (χ1v) is 12.4. The Kier molecular flexibility index (Phi) is 6.00. The summed E-state index contributed by atoms with van der Waals surface area (Å²) in [6, 6.07) is 15.2. The van der Waals surface area contributed by atoms with Gasteiger partial charge in [-0.1, -0.05) is 23.8 Å². The van der Waals surface area contributed by atoms with Gasteiger partial charge in [-0.3, -0.25) is 14.4 Å². The standard InChI is InChI=1S/C26H28N4O3S/c1-18-7-9-19(10-8-18)30-23(31)17-20(24(30)22-6-4-16-34-22)25(32)28-12-14-29(15-13-28)26(33)21-5-3-11-27(21)2/h3-11,16,20,24H,12-15,17H2,1-2H3. The van der Waals surface area contributed by atoms with Gasteiger partial charge in [0.1, 0.15) is 5.69 Å². The Bertz CT molecular complexity index is 1190. The van der Waals surface area contributed by atoms with Crippen molar-refractivity contribution in [2.45, 2.75) is 19.4 Å². The van der Waals surface area contributed by atoms with Gasteiger partial charge in [0.05, 0.1) is 12.0 Å². The fraction of sp³-hybridized carbons (Fsp3) is 0.346. The molecule has 5 rings (SSSR count). The van der Waals surface area contributed by atoms with Gasteiger partial charge >= 0.3 is 0 Å². The van der Waals surface area contributed by atoms with Crippen LogP contribution in [0, 0.1) is 12.8 Å². The summed E-state index contributed by atoms with van der Waals surface area (Å²) in [6.07, 6.45) is 2.05. The summed E-state index contributed by atoms with van der Waals surface area (Å²) in [7, 11) is 1.86. The Morgan fingerprint density at radius 1 is 0.941 bits per heavy atom. The fourth-order valence-corrected chi connectivity index (χ4v) is 5.84. The van der Waals surface area contributed by atoms with Crippen LogP contribution in [0.2, 0.25) is 0 Å². The Labute approximate surface area is 203 Å². The Balaban J connectivity index is 1.34. The third-order valence-electron chi connectivity index (χ3n) is 6.83. The van der Waals surface area contributed by atoms with Crippen LogP contribution in [0.3, 0.4) is 0 Å². The summed E-state index contributed by atoms with van der Waals surface area (Å²) in [5.41, 5.74) is 2.59. The van der Waals surface area contributed by atoms with Crippen molar-refractivity contribution in [1.29, 1.82) is 0 Å².